The van der Waals surface area contributed by atoms with Gasteiger partial charge in [-0.05, 0) is 41.0 Å². The van der Waals surface area contributed by atoms with Crippen molar-refractivity contribution in [3.63, 3.8) is 0 Å². The average molecular weight is 465 g/mol. The lowest BCUT2D eigenvalue weighted by atomic mass is 9.98. The van der Waals surface area contributed by atoms with Gasteiger partial charge in [-0.3, -0.25) is 4.79 Å². The number of hydrogen-bond acceptors (Lipinski definition) is 5. The van der Waals surface area contributed by atoms with Crippen molar-refractivity contribution < 1.29 is 29.0 Å². The largest absolute Gasteiger partial charge is 0.479 e. The van der Waals surface area contributed by atoms with Gasteiger partial charge in [0, 0.05) is 24.9 Å². The van der Waals surface area contributed by atoms with E-state index in [0.717, 1.165) is 24.0 Å². The number of fused-ring (bicyclic) bond motifs is 3. The summed E-state index contributed by atoms with van der Waals surface area (Å²) in [5, 5.41) is 12.1. The Morgan fingerprint density at radius 1 is 1.06 bits per heavy atom. The van der Waals surface area contributed by atoms with Crippen molar-refractivity contribution in [1.29, 1.82) is 0 Å². The molecule has 3 aliphatic rings. The molecule has 8 nitrogen and oxygen atoms in total. The molecule has 2 atom stereocenters. The minimum atomic E-state index is -1.08. The van der Waals surface area contributed by atoms with Gasteiger partial charge in [0.05, 0.1) is 13.2 Å². The van der Waals surface area contributed by atoms with Crippen LogP contribution in [0.5, 0.6) is 0 Å². The summed E-state index contributed by atoms with van der Waals surface area (Å²) in [5.74, 6) is -1.04. The fourth-order valence-corrected chi connectivity index (χ4v) is 4.97. The maximum atomic E-state index is 12.8. The number of morpholine rings is 1. The molecule has 2 unspecified atom stereocenters. The second-order valence-electron chi connectivity index (χ2n) is 9.16. The number of aliphatic carboxylic acids is 1. The molecule has 0 aromatic heterocycles. The van der Waals surface area contributed by atoms with Gasteiger partial charge in [-0.25, -0.2) is 9.59 Å². The molecule has 1 heterocycles. The first-order valence-electron chi connectivity index (χ1n) is 11.7. The second kappa shape index (κ2) is 9.46. The maximum Gasteiger partial charge on any atom is 0.407 e. The highest BCUT2D eigenvalue weighted by Crippen LogP contribution is 2.44. The van der Waals surface area contributed by atoms with E-state index in [4.69, 9.17) is 9.47 Å². The van der Waals surface area contributed by atoms with E-state index in [9.17, 15) is 19.5 Å². The summed E-state index contributed by atoms with van der Waals surface area (Å²) in [4.78, 5) is 38.2. The molecule has 1 saturated heterocycles. The first kappa shape index (κ1) is 22.4. The zero-order valence-corrected chi connectivity index (χ0v) is 18.8. The molecule has 1 aliphatic heterocycles. The topological polar surface area (TPSA) is 105 Å². The smallest absolute Gasteiger partial charge is 0.407 e. The number of rotatable bonds is 7. The number of alkyl carbamates (subject to hydrolysis) is 1. The van der Waals surface area contributed by atoms with Crippen molar-refractivity contribution in [2.75, 3.05) is 26.3 Å². The van der Waals surface area contributed by atoms with Gasteiger partial charge >= 0.3 is 12.1 Å². The van der Waals surface area contributed by atoms with Gasteiger partial charge in [-0.2, -0.15) is 0 Å². The van der Waals surface area contributed by atoms with Crippen molar-refractivity contribution in [3.05, 3.63) is 59.7 Å². The second-order valence-corrected chi connectivity index (χ2v) is 9.16. The zero-order chi connectivity index (χ0) is 23.7. The molecule has 1 saturated carbocycles. The van der Waals surface area contributed by atoms with Gasteiger partial charge in [0.1, 0.15) is 6.61 Å². The summed E-state index contributed by atoms with van der Waals surface area (Å²) in [6, 6.07) is 16.0. The summed E-state index contributed by atoms with van der Waals surface area (Å²) in [6.45, 7) is 0.785. The standard InChI is InChI=1S/C26H28N2O6/c29-24(28-11-12-33-23(14-28)25(30)31)13-22(16-9-10-16)27-26(32)34-15-21-19-7-3-1-5-17(19)18-6-2-4-8-20(18)21/h1-8,16,21-23H,9-15H2,(H,27,32)(H,30,31). The number of carboxylic acids is 1. The van der Waals surface area contributed by atoms with Crippen LogP contribution in [-0.4, -0.2) is 66.4 Å². The summed E-state index contributed by atoms with van der Waals surface area (Å²) >= 11 is 0. The Labute approximate surface area is 197 Å². The minimum Gasteiger partial charge on any atom is -0.479 e. The van der Waals surface area contributed by atoms with E-state index in [2.05, 4.69) is 29.6 Å². The van der Waals surface area contributed by atoms with Crippen LogP contribution in [0.4, 0.5) is 4.79 Å². The number of benzene rings is 2. The summed E-state index contributed by atoms with van der Waals surface area (Å²) < 4.78 is 10.8. The third-order valence-electron chi connectivity index (χ3n) is 6.93. The number of nitrogens with zero attached hydrogens (tertiary/aromatic N) is 1. The van der Waals surface area contributed by atoms with E-state index in [-0.39, 0.29) is 50.0 Å². The van der Waals surface area contributed by atoms with E-state index in [1.807, 2.05) is 24.3 Å². The number of amides is 2. The number of carbonyl (C=O) groups is 3. The molecule has 8 heteroatoms. The van der Waals surface area contributed by atoms with E-state index in [0.29, 0.717) is 6.54 Å². The van der Waals surface area contributed by atoms with Crippen LogP contribution in [0.25, 0.3) is 11.1 Å². The van der Waals surface area contributed by atoms with Gasteiger partial charge in [-0.1, -0.05) is 48.5 Å². The normalized spacial score (nSPS) is 20.2. The van der Waals surface area contributed by atoms with Gasteiger partial charge in [-0.15, -0.1) is 0 Å². The Hall–Kier alpha value is -3.39. The number of carboxylic acid groups (broad SMARTS) is 1. The molecular weight excluding hydrogens is 436 g/mol. The van der Waals surface area contributed by atoms with Gasteiger partial charge in [0.2, 0.25) is 5.91 Å². The number of ether oxygens (including phenoxy) is 2. The van der Waals surface area contributed by atoms with Crippen molar-refractivity contribution in [3.8, 4) is 11.1 Å². The first-order chi connectivity index (χ1) is 16.5. The number of nitrogens with one attached hydrogen (secondary N) is 1. The van der Waals surface area contributed by atoms with Gasteiger partial charge in [0.15, 0.2) is 6.10 Å². The van der Waals surface area contributed by atoms with Crippen molar-refractivity contribution in [2.24, 2.45) is 5.92 Å². The third-order valence-corrected chi connectivity index (χ3v) is 6.93. The van der Waals surface area contributed by atoms with Crippen LogP contribution < -0.4 is 5.32 Å². The van der Waals surface area contributed by atoms with Crippen LogP contribution in [-0.2, 0) is 19.1 Å². The summed E-state index contributed by atoms with van der Waals surface area (Å²) in [7, 11) is 0. The Balaban J connectivity index is 1.19. The van der Waals surface area contributed by atoms with Gasteiger partial charge < -0.3 is 24.8 Å². The highest BCUT2D eigenvalue weighted by atomic mass is 16.5. The molecule has 0 spiro atoms. The van der Waals surface area contributed by atoms with Crippen LogP contribution in [0.2, 0.25) is 0 Å². The van der Waals surface area contributed by atoms with Crippen molar-refractivity contribution in [1.82, 2.24) is 10.2 Å². The minimum absolute atomic E-state index is 0.0243. The van der Waals surface area contributed by atoms with Crippen molar-refractivity contribution in [2.45, 2.75) is 37.3 Å². The molecule has 2 fully saturated rings. The maximum absolute atomic E-state index is 12.8. The predicted octanol–water partition coefficient (Wildman–Crippen LogP) is 3.01. The molecule has 5 rings (SSSR count). The van der Waals surface area contributed by atoms with Crippen LogP contribution in [0.3, 0.4) is 0 Å². The lowest BCUT2D eigenvalue weighted by Gasteiger charge is -2.32. The molecule has 2 aliphatic carbocycles. The molecule has 178 valence electrons. The average Bonchev–Trinajstić information content (AvgIpc) is 3.65. The first-order valence-corrected chi connectivity index (χ1v) is 11.7. The fourth-order valence-electron chi connectivity index (χ4n) is 4.97. The highest BCUT2D eigenvalue weighted by Gasteiger charge is 2.37. The molecule has 0 bridgehead atoms. The van der Waals surface area contributed by atoms with Crippen LogP contribution >= 0.6 is 0 Å². The van der Waals surface area contributed by atoms with Gasteiger partial charge in [0.25, 0.3) is 0 Å². The molecular formula is C26H28N2O6. The van der Waals surface area contributed by atoms with E-state index >= 15 is 0 Å². The molecule has 2 N–H and O–H groups in total. The monoisotopic (exact) mass is 464 g/mol. The Bertz CT molecular complexity index is 1050. The Morgan fingerprint density at radius 2 is 1.71 bits per heavy atom. The quantitative estimate of drug-likeness (QED) is 0.653. The SMILES string of the molecule is O=C(NC(CC(=O)N1CCOC(C(=O)O)C1)C1CC1)OCC1c2ccccc2-c2ccccc21. The predicted molar refractivity (Wildman–Crippen MR) is 123 cm³/mol. The molecule has 2 amide bonds. The number of hydrogen-bond donors (Lipinski definition) is 2. The summed E-state index contributed by atoms with van der Waals surface area (Å²) in [6.07, 6.45) is 0.482. The molecule has 2 aromatic rings. The fraction of sp³-hybridized carbons (Fsp3) is 0.423. The third kappa shape index (κ3) is 4.63. The zero-order valence-electron chi connectivity index (χ0n) is 18.8. The molecule has 2 aromatic carbocycles. The lowest BCUT2D eigenvalue weighted by Crippen LogP contribution is -2.50. The highest BCUT2D eigenvalue weighted by molar-refractivity contribution is 5.81. The van der Waals surface area contributed by atoms with E-state index in [1.54, 1.807) is 0 Å². The number of carbonyl (C=O) groups excluding carboxylic acids is 2. The van der Waals surface area contributed by atoms with E-state index < -0.39 is 18.2 Å². The van der Waals surface area contributed by atoms with E-state index in [1.165, 1.54) is 16.0 Å². The van der Waals surface area contributed by atoms with Crippen LogP contribution in [0.15, 0.2) is 48.5 Å². The van der Waals surface area contributed by atoms with Crippen molar-refractivity contribution >= 4 is 18.0 Å². The van der Waals surface area contributed by atoms with Crippen LogP contribution in [0.1, 0.15) is 36.3 Å². The molecule has 34 heavy (non-hydrogen) atoms. The lowest BCUT2D eigenvalue weighted by molar-refractivity contribution is -0.159. The van der Waals surface area contributed by atoms with Crippen LogP contribution in [0, 0.1) is 5.92 Å². The Kier molecular flexibility index (Phi) is 6.24. The summed E-state index contributed by atoms with van der Waals surface area (Å²) in [5.41, 5.74) is 4.62. The molecule has 0 radical (unpaired) electrons. The Morgan fingerprint density at radius 3 is 2.32 bits per heavy atom.